The number of aliphatic carboxylic acids is 1. The second kappa shape index (κ2) is 4.72. The molecule has 2 heterocycles. The van der Waals surface area contributed by atoms with Gasteiger partial charge in [-0.15, -0.1) is 11.3 Å². The number of aryl methyl sites for hydroxylation is 1. The van der Waals surface area contributed by atoms with Gasteiger partial charge in [-0.3, -0.25) is 9.59 Å². The normalized spacial score (nSPS) is 23.3. The molecular weight excluding hydrogens is 250 g/mol. The number of rotatable bonds is 3. The Bertz CT molecular complexity index is 482. The molecule has 1 N–H and O–H groups in total. The van der Waals surface area contributed by atoms with E-state index in [9.17, 15) is 9.59 Å². The van der Waals surface area contributed by atoms with Crippen LogP contribution in [-0.2, 0) is 16.0 Å². The molecule has 1 atom stereocenters. The minimum atomic E-state index is -0.815. The van der Waals surface area contributed by atoms with Crippen LogP contribution in [0.3, 0.4) is 0 Å². The van der Waals surface area contributed by atoms with Crippen LogP contribution in [-0.4, -0.2) is 35.0 Å². The van der Waals surface area contributed by atoms with E-state index in [0.29, 0.717) is 25.9 Å². The summed E-state index contributed by atoms with van der Waals surface area (Å²) >= 11 is 1.62. The van der Waals surface area contributed by atoms with Gasteiger partial charge in [0.2, 0.25) is 5.91 Å². The summed E-state index contributed by atoms with van der Waals surface area (Å²) in [5.74, 6) is -0.786. The van der Waals surface area contributed by atoms with Crippen LogP contribution in [0.1, 0.15) is 23.1 Å². The van der Waals surface area contributed by atoms with Crippen LogP contribution in [0.5, 0.6) is 0 Å². The van der Waals surface area contributed by atoms with Crippen LogP contribution in [0.25, 0.3) is 0 Å². The lowest BCUT2D eigenvalue weighted by molar-refractivity contribution is -0.147. The van der Waals surface area contributed by atoms with Crippen molar-refractivity contribution in [3.05, 3.63) is 21.9 Å². The zero-order chi connectivity index (χ0) is 13.3. The summed E-state index contributed by atoms with van der Waals surface area (Å²) in [6, 6.07) is 3.96. The molecule has 0 radical (unpaired) electrons. The van der Waals surface area contributed by atoms with Crippen LogP contribution in [0, 0.1) is 12.3 Å². The number of carbonyl (C=O) groups excluding carboxylic acids is 1. The molecule has 98 valence electrons. The van der Waals surface area contributed by atoms with Gasteiger partial charge in [-0.1, -0.05) is 0 Å². The van der Waals surface area contributed by atoms with Gasteiger partial charge >= 0.3 is 5.97 Å². The molecule has 0 saturated carbocycles. The van der Waals surface area contributed by atoms with Crippen molar-refractivity contribution < 1.29 is 14.7 Å². The summed E-state index contributed by atoms with van der Waals surface area (Å²) in [6.07, 6.45) is 0.922. The molecule has 0 bridgehead atoms. The first kappa shape index (κ1) is 13.1. The predicted molar refractivity (Wildman–Crippen MR) is 69.7 cm³/mol. The number of likely N-dealkylation sites (tertiary alicyclic amines) is 1. The van der Waals surface area contributed by atoms with Crippen molar-refractivity contribution in [3.8, 4) is 0 Å². The van der Waals surface area contributed by atoms with E-state index in [1.165, 1.54) is 4.88 Å². The Kier molecular flexibility index (Phi) is 3.43. The lowest BCUT2D eigenvalue weighted by Gasteiger charge is -2.19. The maximum absolute atomic E-state index is 12.1. The maximum Gasteiger partial charge on any atom is 0.311 e. The fraction of sp³-hybridized carbons (Fsp3) is 0.538. The Morgan fingerprint density at radius 1 is 1.50 bits per heavy atom. The fourth-order valence-corrected chi connectivity index (χ4v) is 3.07. The van der Waals surface area contributed by atoms with Crippen molar-refractivity contribution in [1.82, 2.24) is 4.90 Å². The smallest absolute Gasteiger partial charge is 0.311 e. The van der Waals surface area contributed by atoms with E-state index < -0.39 is 11.4 Å². The van der Waals surface area contributed by atoms with Gasteiger partial charge < -0.3 is 10.0 Å². The maximum atomic E-state index is 12.1. The van der Waals surface area contributed by atoms with Crippen LogP contribution >= 0.6 is 11.3 Å². The predicted octanol–water partition coefficient (Wildman–Crippen LogP) is 1.92. The molecule has 2 rings (SSSR count). The Morgan fingerprint density at radius 2 is 2.22 bits per heavy atom. The second-order valence-corrected chi connectivity index (χ2v) is 6.49. The monoisotopic (exact) mass is 267 g/mol. The molecule has 0 aliphatic carbocycles. The lowest BCUT2D eigenvalue weighted by Crippen LogP contribution is -2.35. The number of hydrogen-bond donors (Lipinski definition) is 1. The average molecular weight is 267 g/mol. The topological polar surface area (TPSA) is 57.6 Å². The SMILES string of the molecule is Cc1ccc(CC(=O)N2CCC(C)(C(=O)O)C2)s1. The van der Waals surface area contributed by atoms with E-state index >= 15 is 0 Å². The molecule has 1 fully saturated rings. The average Bonchev–Trinajstić information content (AvgIpc) is 2.86. The summed E-state index contributed by atoms with van der Waals surface area (Å²) in [5, 5.41) is 9.13. The highest BCUT2D eigenvalue weighted by atomic mass is 32.1. The third-order valence-corrected chi connectivity index (χ3v) is 4.46. The molecule has 1 unspecified atom stereocenters. The summed E-state index contributed by atoms with van der Waals surface area (Å²) in [4.78, 5) is 27.1. The van der Waals surface area contributed by atoms with Gasteiger partial charge in [-0.05, 0) is 32.4 Å². The van der Waals surface area contributed by atoms with Crippen molar-refractivity contribution in [1.29, 1.82) is 0 Å². The third-order valence-electron chi connectivity index (χ3n) is 3.46. The van der Waals surface area contributed by atoms with E-state index in [0.717, 1.165) is 4.88 Å². The van der Waals surface area contributed by atoms with Gasteiger partial charge in [-0.25, -0.2) is 0 Å². The zero-order valence-electron chi connectivity index (χ0n) is 10.6. The number of carboxylic acids is 1. The van der Waals surface area contributed by atoms with Crippen molar-refractivity contribution in [2.24, 2.45) is 5.41 Å². The largest absolute Gasteiger partial charge is 0.481 e. The molecule has 18 heavy (non-hydrogen) atoms. The van der Waals surface area contributed by atoms with Crippen LogP contribution in [0.15, 0.2) is 12.1 Å². The summed E-state index contributed by atoms with van der Waals surface area (Å²) < 4.78 is 0. The van der Waals surface area contributed by atoms with Gasteiger partial charge in [0.05, 0.1) is 11.8 Å². The minimum absolute atomic E-state index is 0.0295. The number of nitrogens with zero attached hydrogens (tertiary/aromatic N) is 1. The Morgan fingerprint density at radius 3 is 2.72 bits per heavy atom. The number of carbonyl (C=O) groups is 2. The standard InChI is InChI=1S/C13H17NO3S/c1-9-3-4-10(18-9)7-11(15)14-6-5-13(2,8-14)12(16)17/h3-4H,5-8H2,1-2H3,(H,16,17). The van der Waals surface area contributed by atoms with E-state index in [4.69, 9.17) is 5.11 Å². The van der Waals surface area contributed by atoms with E-state index in [-0.39, 0.29) is 5.91 Å². The first-order valence-corrected chi connectivity index (χ1v) is 6.79. The number of thiophene rings is 1. The molecule has 0 aromatic carbocycles. The van der Waals surface area contributed by atoms with Crippen molar-refractivity contribution >= 4 is 23.2 Å². The minimum Gasteiger partial charge on any atom is -0.481 e. The molecule has 1 amide bonds. The van der Waals surface area contributed by atoms with Gasteiger partial charge in [-0.2, -0.15) is 0 Å². The van der Waals surface area contributed by atoms with Crippen molar-refractivity contribution in [2.45, 2.75) is 26.7 Å². The Hall–Kier alpha value is -1.36. The molecule has 1 saturated heterocycles. The fourth-order valence-electron chi connectivity index (χ4n) is 2.19. The first-order valence-electron chi connectivity index (χ1n) is 5.97. The van der Waals surface area contributed by atoms with E-state index in [2.05, 4.69) is 0 Å². The highest BCUT2D eigenvalue weighted by molar-refractivity contribution is 7.12. The van der Waals surface area contributed by atoms with Gasteiger partial charge in [0.1, 0.15) is 0 Å². The second-order valence-electron chi connectivity index (χ2n) is 5.12. The van der Waals surface area contributed by atoms with E-state index in [1.807, 2.05) is 19.1 Å². The molecule has 1 aliphatic heterocycles. The number of amides is 1. The van der Waals surface area contributed by atoms with Crippen LogP contribution in [0.4, 0.5) is 0 Å². The number of carboxylic acid groups (broad SMARTS) is 1. The van der Waals surface area contributed by atoms with Crippen LogP contribution in [0.2, 0.25) is 0 Å². The highest BCUT2D eigenvalue weighted by Gasteiger charge is 2.41. The summed E-state index contributed by atoms with van der Waals surface area (Å²) in [5.41, 5.74) is -0.777. The highest BCUT2D eigenvalue weighted by Crippen LogP contribution is 2.30. The van der Waals surface area contributed by atoms with Gasteiger partial charge in [0, 0.05) is 22.8 Å². The van der Waals surface area contributed by atoms with Crippen LogP contribution < -0.4 is 0 Å². The van der Waals surface area contributed by atoms with E-state index in [1.54, 1.807) is 23.2 Å². The zero-order valence-corrected chi connectivity index (χ0v) is 11.4. The lowest BCUT2D eigenvalue weighted by atomic mass is 9.90. The molecular formula is C13H17NO3S. The number of hydrogen-bond acceptors (Lipinski definition) is 3. The summed E-state index contributed by atoms with van der Waals surface area (Å²) in [7, 11) is 0. The molecule has 1 aromatic rings. The molecule has 1 aromatic heterocycles. The van der Waals surface area contributed by atoms with Gasteiger partial charge in [0.15, 0.2) is 0 Å². The van der Waals surface area contributed by atoms with Gasteiger partial charge in [0.25, 0.3) is 0 Å². The first-order chi connectivity index (χ1) is 8.40. The molecule has 5 heteroatoms. The Labute approximate surface area is 110 Å². The molecule has 0 spiro atoms. The molecule has 1 aliphatic rings. The molecule has 4 nitrogen and oxygen atoms in total. The quantitative estimate of drug-likeness (QED) is 0.910. The summed E-state index contributed by atoms with van der Waals surface area (Å²) in [6.45, 7) is 4.59. The Balaban J connectivity index is 1.98. The third kappa shape index (κ3) is 2.56. The van der Waals surface area contributed by atoms with Crippen molar-refractivity contribution in [3.63, 3.8) is 0 Å². The van der Waals surface area contributed by atoms with Crippen molar-refractivity contribution in [2.75, 3.05) is 13.1 Å².